The second-order valence-electron chi connectivity index (χ2n) is 4.10. The normalized spacial score (nSPS) is 15.0. The molecule has 0 amide bonds. The van der Waals surface area contributed by atoms with Gasteiger partial charge in [0.15, 0.2) is 11.0 Å². The molecule has 1 atom stereocenters. The SMILES string of the molecule is CCN(O)C(CC)(C(=O)O)C(CC)(C(=O)O)C(=O)O. The number of hydrogen-bond donors (Lipinski definition) is 4. The Bertz CT molecular complexity index is 367. The van der Waals surface area contributed by atoms with Gasteiger partial charge in [-0.25, -0.2) is 0 Å². The molecule has 0 radical (unpaired) electrons. The van der Waals surface area contributed by atoms with Gasteiger partial charge in [0, 0.05) is 6.54 Å². The number of hydroxylamine groups is 2. The minimum atomic E-state index is -2.64. The molecule has 4 N–H and O–H groups in total. The number of rotatable bonds is 8. The third kappa shape index (κ3) is 2.17. The highest BCUT2D eigenvalue weighted by atomic mass is 16.5. The topological polar surface area (TPSA) is 135 Å². The Morgan fingerprint density at radius 3 is 1.47 bits per heavy atom. The van der Waals surface area contributed by atoms with Gasteiger partial charge >= 0.3 is 17.9 Å². The van der Waals surface area contributed by atoms with Gasteiger partial charge in [0.05, 0.1) is 0 Å². The van der Waals surface area contributed by atoms with E-state index in [4.69, 9.17) is 0 Å². The standard InChI is InChI=1S/C11H19NO7/c1-4-10(7(13)14,8(15)16)11(5-2,9(17)18)12(19)6-3/h19H,4-6H2,1-3H3,(H,13,14)(H,15,16)(H,17,18). The second-order valence-corrected chi connectivity index (χ2v) is 4.10. The largest absolute Gasteiger partial charge is 0.480 e. The van der Waals surface area contributed by atoms with E-state index in [0.717, 1.165) is 0 Å². The zero-order valence-corrected chi connectivity index (χ0v) is 11.1. The maximum atomic E-state index is 11.5. The van der Waals surface area contributed by atoms with Crippen LogP contribution in [0.25, 0.3) is 0 Å². The summed E-state index contributed by atoms with van der Waals surface area (Å²) in [5.74, 6) is -5.27. The van der Waals surface area contributed by atoms with E-state index in [1.807, 2.05) is 0 Å². The summed E-state index contributed by atoms with van der Waals surface area (Å²) in [5.41, 5.74) is -5.08. The Morgan fingerprint density at radius 1 is 0.895 bits per heavy atom. The quantitative estimate of drug-likeness (QED) is 0.372. The Kier molecular flexibility index (Phi) is 5.46. The van der Waals surface area contributed by atoms with Crippen molar-refractivity contribution < 1.29 is 34.9 Å². The molecule has 0 aromatic carbocycles. The summed E-state index contributed by atoms with van der Waals surface area (Å²) >= 11 is 0. The first-order valence-electron chi connectivity index (χ1n) is 5.85. The lowest BCUT2D eigenvalue weighted by molar-refractivity contribution is -0.235. The van der Waals surface area contributed by atoms with Crippen LogP contribution < -0.4 is 0 Å². The first-order valence-corrected chi connectivity index (χ1v) is 5.85. The average molecular weight is 277 g/mol. The lowest BCUT2D eigenvalue weighted by Crippen LogP contribution is -2.69. The molecular formula is C11H19NO7. The maximum absolute atomic E-state index is 11.5. The van der Waals surface area contributed by atoms with Gasteiger partial charge in [-0.2, -0.15) is 5.06 Å². The molecule has 0 aliphatic carbocycles. The van der Waals surface area contributed by atoms with Crippen molar-refractivity contribution in [2.75, 3.05) is 6.54 Å². The van der Waals surface area contributed by atoms with E-state index in [-0.39, 0.29) is 18.0 Å². The first-order chi connectivity index (χ1) is 8.68. The molecule has 0 bridgehead atoms. The van der Waals surface area contributed by atoms with Crippen LogP contribution in [0.2, 0.25) is 0 Å². The summed E-state index contributed by atoms with van der Waals surface area (Å²) in [7, 11) is 0. The van der Waals surface area contributed by atoms with Gasteiger partial charge < -0.3 is 20.5 Å². The highest BCUT2D eigenvalue weighted by Gasteiger charge is 2.67. The van der Waals surface area contributed by atoms with Crippen molar-refractivity contribution in [1.29, 1.82) is 0 Å². The van der Waals surface area contributed by atoms with Gasteiger partial charge in [-0.05, 0) is 12.8 Å². The lowest BCUT2D eigenvalue weighted by Gasteiger charge is -2.44. The maximum Gasteiger partial charge on any atom is 0.328 e. The minimum absolute atomic E-state index is 0.220. The zero-order valence-electron chi connectivity index (χ0n) is 11.1. The summed E-state index contributed by atoms with van der Waals surface area (Å²) in [6.45, 7) is 3.77. The van der Waals surface area contributed by atoms with Gasteiger partial charge in [0.1, 0.15) is 0 Å². The molecule has 0 aliphatic heterocycles. The van der Waals surface area contributed by atoms with Gasteiger partial charge in [0.25, 0.3) is 0 Å². The summed E-state index contributed by atoms with van der Waals surface area (Å²) in [5, 5.41) is 38.0. The van der Waals surface area contributed by atoms with Crippen LogP contribution in [-0.4, -0.2) is 55.6 Å². The van der Waals surface area contributed by atoms with Crippen molar-refractivity contribution in [3.8, 4) is 0 Å². The predicted molar refractivity (Wildman–Crippen MR) is 62.8 cm³/mol. The van der Waals surface area contributed by atoms with E-state index in [1.54, 1.807) is 0 Å². The van der Waals surface area contributed by atoms with Crippen molar-refractivity contribution in [2.24, 2.45) is 5.41 Å². The van der Waals surface area contributed by atoms with Crippen molar-refractivity contribution in [1.82, 2.24) is 5.06 Å². The fraction of sp³-hybridized carbons (Fsp3) is 0.727. The average Bonchev–Trinajstić information content (AvgIpc) is 2.33. The smallest absolute Gasteiger partial charge is 0.328 e. The van der Waals surface area contributed by atoms with Crippen LogP contribution in [0.5, 0.6) is 0 Å². The van der Waals surface area contributed by atoms with Crippen molar-refractivity contribution in [3.05, 3.63) is 0 Å². The van der Waals surface area contributed by atoms with Crippen LogP contribution in [0, 0.1) is 5.41 Å². The summed E-state index contributed by atoms with van der Waals surface area (Å²) in [6, 6.07) is 0. The van der Waals surface area contributed by atoms with Crippen molar-refractivity contribution in [3.63, 3.8) is 0 Å². The minimum Gasteiger partial charge on any atom is -0.480 e. The highest BCUT2D eigenvalue weighted by molar-refractivity contribution is 6.05. The highest BCUT2D eigenvalue weighted by Crippen LogP contribution is 2.42. The number of aliphatic carboxylic acids is 3. The molecule has 0 saturated heterocycles. The van der Waals surface area contributed by atoms with Crippen LogP contribution in [-0.2, 0) is 14.4 Å². The number of hydrogen-bond acceptors (Lipinski definition) is 5. The first kappa shape index (κ1) is 17.3. The Balaban J connectivity index is 6.43. The van der Waals surface area contributed by atoms with E-state index in [9.17, 15) is 34.9 Å². The number of carboxylic acids is 3. The molecular weight excluding hydrogens is 258 g/mol. The fourth-order valence-electron chi connectivity index (χ4n) is 2.46. The molecule has 110 valence electrons. The molecule has 0 saturated carbocycles. The van der Waals surface area contributed by atoms with Crippen molar-refractivity contribution >= 4 is 17.9 Å². The Labute approximate surface area is 110 Å². The third-order valence-corrected chi connectivity index (χ3v) is 3.57. The molecule has 0 spiro atoms. The Hall–Kier alpha value is -1.67. The number of likely N-dealkylation sites (N-methyl/N-ethyl adjacent to an activating group) is 1. The van der Waals surface area contributed by atoms with E-state index >= 15 is 0 Å². The summed E-state index contributed by atoms with van der Waals surface area (Å²) in [6.07, 6.45) is -0.853. The van der Waals surface area contributed by atoms with Crippen LogP contribution >= 0.6 is 0 Å². The van der Waals surface area contributed by atoms with E-state index < -0.39 is 35.3 Å². The predicted octanol–water partition coefficient (Wildman–Crippen LogP) is 0.497. The third-order valence-electron chi connectivity index (χ3n) is 3.57. The molecule has 8 nitrogen and oxygen atoms in total. The summed E-state index contributed by atoms with van der Waals surface area (Å²) in [4.78, 5) is 34.4. The zero-order chi connectivity index (χ0) is 15.4. The monoisotopic (exact) mass is 277 g/mol. The molecule has 0 aliphatic rings. The van der Waals surface area contributed by atoms with E-state index in [2.05, 4.69) is 0 Å². The van der Waals surface area contributed by atoms with Crippen LogP contribution in [0.1, 0.15) is 33.6 Å². The Morgan fingerprint density at radius 2 is 1.32 bits per heavy atom. The van der Waals surface area contributed by atoms with Crippen LogP contribution in [0.15, 0.2) is 0 Å². The molecule has 0 aromatic heterocycles. The molecule has 0 heterocycles. The molecule has 0 aromatic rings. The number of carbonyl (C=O) groups is 3. The summed E-state index contributed by atoms with van der Waals surface area (Å²) < 4.78 is 0. The molecule has 8 heteroatoms. The molecule has 19 heavy (non-hydrogen) atoms. The van der Waals surface area contributed by atoms with Gasteiger partial charge in [0.2, 0.25) is 0 Å². The second kappa shape index (κ2) is 5.98. The van der Waals surface area contributed by atoms with Crippen LogP contribution in [0.4, 0.5) is 0 Å². The van der Waals surface area contributed by atoms with Gasteiger partial charge in [-0.15, -0.1) is 0 Å². The molecule has 1 unspecified atom stereocenters. The lowest BCUT2D eigenvalue weighted by atomic mass is 9.65. The van der Waals surface area contributed by atoms with Crippen molar-refractivity contribution in [2.45, 2.75) is 39.2 Å². The fourth-order valence-corrected chi connectivity index (χ4v) is 2.46. The number of carboxylic acid groups (broad SMARTS) is 3. The van der Waals surface area contributed by atoms with Gasteiger partial charge in [-0.3, -0.25) is 14.4 Å². The van der Waals surface area contributed by atoms with E-state index in [1.165, 1.54) is 20.8 Å². The molecule has 0 fully saturated rings. The van der Waals surface area contributed by atoms with E-state index in [0.29, 0.717) is 0 Å². The molecule has 0 rings (SSSR count). The van der Waals surface area contributed by atoms with Gasteiger partial charge in [-0.1, -0.05) is 20.8 Å². The number of nitrogens with zero attached hydrogens (tertiary/aromatic N) is 1. The van der Waals surface area contributed by atoms with Crippen LogP contribution in [0.3, 0.4) is 0 Å².